The van der Waals surface area contributed by atoms with Crippen LogP contribution in [0.3, 0.4) is 0 Å². The number of ether oxygens (including phenoxy) is 1. The molecule has 0 aromatic heterocycles. The van der Waals surface area contributed by atoms with E-state index in [-0.39, 0.29) is 18.7 Å². The maximum absolute atomic E-state index is 11.4. The lowest BCUT2D eigenvalue weighted by atomic mass is 10.0. The zero-order valence-corrected chi connectivity index (χ0v) is 23.1. The Kier molecular flexibility index (Phi) is 24.7. The number of nitrogens with zero attached hydrogens (tertiary/aromatic N) is 1. The van der Waals surface area contributed by atoms with Crippen molar-refractivity contribution >= 4 is 14.6 Å². The second-order valence-corrected chi connectivity index (χ2v) is 10.5. The fourth-order valence-corrected chi connectivity index (χ4v) is 4.52. The number of hydrogen-bond acceptors (Lipinski definition) is 6. The first-order chi connectivity index (χ1) is 16.0. The molecule has 0 amide bonds. The van der Waals surface area contributed by atoms with Crippen molar-refractivity contribution in [3.8, 4) is 0 Å². The van der Waals surface area contributed by atoms with Crippen LogP contribution in [0.1, 0.15) is 123 Å². The molecular weight excluding hydrogens is 437 g/mol. The minimum absolute atomic E-state index is 0.189. The minimum Gasteiger partial charge on any atom is -0.460 e. The Morgan fingerprint density at radius 1 is 0.788 bits per heavy atom. The summed E-state index contributed by atoms with van der Waals surface area (Å²) in [6, 6.07) is 0. The van der Waals surface area contributed by atoms with Crippen molar-refractivity contribution in [2.24, 2.45) is 0 Å². The van der Waals surface area contributed by atoms with Crippen molar-refractivity contribution in [1.82, 2.24) is 4.90 Å². The minimum atomic E-state index is -1.92. The molecule has 0 spiro atoms. The van der Waals surface area contributed by atoms with Gasteiger partial charge in [0.25, 0.3) is 0 Å². The van der Waals surface area contributed by atoms with Crippen LogP contribution in [0.15, 0.2) is 0 Å². The molecule has 0 rings (SSSR count). The van der Waals surface area contributed by atoms with Crippen LogP contribution in [0.25, 0.3) is 0 Å². The maximum atomic E-state index is 11.4. The van der Waals surface area contributed by atoms with Gasteiger partial charge >= 0.3 is 14.6 Å². The van der Waals surface area contributed by atoms with E-state index >= 15 is 0 Å². The highest BCUT2D eigenvalue weighted by Gasteiger charge is 2.16. The van der Waals surface area contributed by atoms with Gasteiger partial charge in [0.1, 0.15) is 6.10 Å². The molecule has 2 unspecified atom stereocenters. The van der Waals surface area contributed by atoms with E-state index in [9.17, 15) is 9.69 Å². The molecule has 1 N–H and O–H groups in total. The molecule has 0 bridgehead atoms. The largest absolute Gasteiger partial charge is 0.460 e. The molecule has 0 aliphatic carbocycles. The van der Waals surface area contributed by atoms with Crippen molar-refractivity contribution in [2.75, 3.05) is 33.9 Å². The van der Waals surface area contributed by atoms with Crippen molar-refractivity contribution in [1.29, 1.82) is 0 Å². The van der Waals surface area contributed by atoms with E-state index in [0.29, 0.717) is 6.61 Å². The number of carbonyl (C=O) groups is 1. The quantitative estimate of drug-likeness (QED) is 0.0816. The first-order valence-corrected chi connectivity index (χ1v) is 14.7. The number of unbranched alkanes of at least 4 members (excludes halogenated alkanes) is 14. The van der Waals surface area contributed by atoms with Crippen LogP contribution < -0.4 is 0 Å². The van der Waals surface area contributed by atoms with Gasteiger partial charge < -0.3 is 23.6 Å². The summed E-state index contributed by atoms with van der Waals surface area (Å²) in [5, 5.41) is 0. The van der Waals surface area contributed by atoms with Gasteiger partial charge in [-0.2, -0.15) is 0 Å². The molecule has 33 heavy (non-hydrogen) atoms. The van der Waals surface area contributed by atoms with E-state index in [1.54, 1.807) is 0 Å². The summed E-state index contributed by atoms with van der Waals surface area (Å²) in [7, 11) is 2.08. The van der Waals surface area contributed by atoms with Gasteiger partial charge in [-0.3, -0.25) is 4.79 Å². The lowest BCUT2D eigenvalue weighted by Gasteiger charge is -2.19. The number of carbonyl (C=O) groups excluding carboxylic acids is 1. The van der Waals surface area contributed by atoms with Crippen LogP contribution in [0.2, 0.25) is 0 Å². The van der Waals surface area contributed by atoms with E-state index in [4.69, 9.17) is 13.8 Å². The second-order valence-electron chi connectivity index (χ2n) is 9.49. The Morgan fingerprint density at radius 3 is 1.73 bits per heavy atom. The van der Waals surface area contributed by atoms with Gasteiger partial charge in [-0.1, -0.05) is 96.8 Å². The summed E-state index contributed by atoms with van der Waals surface area (Å²) < 4.78 is 16.1. The van der Waals surface area contributed by atoms with E-state index in [1.807, 2.05) is 14.1 Å². The van der Waals surface area contributed by atoms with Gasteiger partial charge in [0.15, 0.2) is 0 Å². The van der Waals surface area contributed by atoms with Crippen LogP contribution in [0.4, 0.5) is 0 Å². The van der Waals surface area contributed by atoms with E-state index in [2.05, 4.69) is 11.8 Å². The topological polar surface area (TPSA) is 68.2 Å². The molecule has 7 heteroatoms. The zero-order chi connectivity index (χ0) is 24.6. The Hall–Kier alpha value is -0.260. The van der Waals surface area contributed by atoms with Gasteiger partial charge in [0.2, 0.25) is 0 Å². The van der Waals surface area contributed by atoms with Crippen LogP contribution in [0.5, 0.6) is 0 Å². The molecule has 0 aromatic carbocycles. The van der Waals surface area contributed by atoms with Crippen molar-refractivity contribution in [3.05, 3.63) is 0 Å². The molecule has 0 heterocycles. The summed E-state index contributed by atoms with van der Waals surface area (Å²) in [6.07, 6.45) is 21.2. The van der Waals surface area contributed by atoms with Crippen molar-refractivity contribution in [2.45, 2.75) is 129 Å². The Labute approximate surface area is 206 Å². The first-order valence-electron chi connectivity index (χ1n) is 13.5. The highest BCUT2D eigenvalue weighted by atomic mass is 31.2. The zero-order valence-electron chi connectivity index (χ0n) is 22.2. The predicted octanol–water partition coefficient (Wildman–Crippen LogP) is 7.38. The fourth-order valence-electron chi connectivity index (χ4n) is 3.86. The monoisotopic (exact) mass is 491 g/mol. The van der Waals surface area contributed by atoms with Crippen LogP contribution in [0, 0.1) is 0 Å². The molecule has 2 atom stereocenters. The van der Waals surface area contributed by atoms with Crippen LogP contribution >= 0.6 is 8.60 Å². The molecule has 0 aromatic rings. The summed E-state index contributed by atoms with van der Waals surface area (Å²) in [5.41, 5.74) is 0. The van der Waals surface area contributed by atoms with E-state index in [1.165, 1.54) is 90.4 Å². The summed E-state index contributed by atoms with van der Waals surface area (Å²) in [4.78, 5) is 23.3. The van der Waals surface area contributed by atoms with Crippen LogP contribution in [-0.4, -0.2) is 55.7 Å². The molecule has 0 fully saturated rings. The predicted molar refractivity (Wildman–Crippen MR) is 139 cm³/mol. The van der Waals surface area contributed by atoms with Crippen molar-refractivity contribution < 1.29 is 23.5 Å². The molecule has 0 aliphatic rings. The third-order valence-electron chi connectivity index (χ3n) is 5.78. The Bertz CT molecular complexity index is 425. The van der Waals surface area contributed by atoms with Crippen molar-refractivity contribution in [3.63, 3.8) is 0 Å². The fraction of sp³-hybridized carbons (Fsp3) is 0.962. The standard InChI is InChI=1S/C26H54NO5P/c1-5-6-7-8-9-10-11-12-13-14-15-16-17-18-19-21-26(32-25(2)28)24-31-33(29)30-23-20-22-27(3)4/h26,29H,5-24H2,1-4H3. The van der Waals surface area contributed by atoms with E-state index in [0.717, 1.165) is 32.2 Å². The van der Waals surface area contributed by atoms with Gasteiger partial charge in [-0.05, 0) is 39.9 Å². The molecule has 0 saturated carbocycles. The third-order valence-corrected chi connectivity index (χ3v) is 6.56. The molecule has 0 radical (unpaired) electrons. The van der Waals surface area contributed by atoms with Crippen LogP contribution in [-0.2, 0) is 18.6 Å². The highest BCUT2D eigenvalue weighted by molar-refractivity contribution is 7.40. The molecule has 0 aliphatic heterocycles. The summed E-state index contributed by atoms with van der Waals surface area (Å²) in [5.74, 6) is -0.307. The van der Waals surface area contributed by atoms with Gasteiger partial charge in [-0.25, -0.2) is 0 Å². The van der Waals surface area contributed by atoms with E-state index < -0.39 is 8.60 Å². The maximum Gasteiger partial charge on any atom is 0.329 e. The second kappa shape index (κ2) is 24.9. The SMILES string of the molecule is CCCCCCCCCCCCCCCCCC(COP(O)OCCCN(C)C)OC(C)=O. The summed E-state index contributed by atoms with van der Waals surface area (Å²) >= 11 is 0. The Balaban J connectivity index is 3.63. The average molecular weight is 492 g/mol. The number of esters is 1. The molecular formula is C26H54NO5P. The van der Waals surface area contributed by atoms with Gasteiger partial charge in [0.05, 0.1) is 13.2 Å². The molecule has 0 saturated heterocycles. The highest BCUT2D eigenvalue weighted by Crippen LogP contribution is 2.33. The number of rotatable bonds is 25. The lowest BCUT2D eigenvalue weighted by molar-refractivity contribution is -0.148. The molecule has 6 nitrogen and oxygen atoms in total. The lowest BCUT2D eigenvalue weighted by Crippen LogP contribution is -2.21. The normalized spacial score (nSPS) is 13.4. The summed E-state index contributed by atoms with van der Waals surface area (Å²) in [6.45, 7) is 5.23. The first kappa shape index (κ1) is 32.7. The number of hydrogen-bond donors (Lipinski definition) is 1. The van der Waals surface area contributed by atoms with Gasteiger partial charge in [0, 0.05) is 6.92 Å². The Morgan fingerprint density at radius 2 is 1.27 bits per heavy atom. The third kappa shape index (κ3) is 26.2. The van der Waals surface area contributed by atoms with Gasteiger partial charge in [-0.15, -0.1) is 0 Å². The average Bonchev–Trinajstić information content (AvgIpc) is 2.77. The smallest absolute Gasteiger partial charge is 0.329 e. The molecule has 198 valence electrons.